The summed E-state index contributed by atoms with van der Waals surface area (Å²) >= 11 is 2.78. The van der Waals surface area contributed by atoms with E-state index in [0.717, 1.165) is 23.6 Å². The van der Waals surface area contributed by atoms with Gasteiger partial charge in [-0.15, -0.1) is 16.9 Å². The summed E-state index contributed by atoms with van der Waals surface area (Å²) in [6, 6.07) is 4.89. The Morgan fingerprint density at radius 3 is 3.23 bits per heavy atom. The van der Waals surface area contributed by atoms with Crippen LogP contribution in [0.5, 0.6) is 0 Å². The molecule has 1 atom stereocenters. The molecule has 0 spiro atoms. The van der Waals surface area contributed by atoms with Gasteiger partial charge in [0.2, 0.25) is 11.1 Å². The predicted molar refractivity (Wildman–Crippen MR) is 84.5 cm³/mol. The van der Waals surface area contributed by atoms with E-state index in [2.05, 4.69) is 20.5 Å². The summed E-state index contributed by atoms with van der Waals surface area (Å²) in [5.41, 5.74) is 0.864. The highest BCUT2D eigenvalue weighted by molar-refractivity contribution is 7.99. The molecule has 1 amide bonds. The molecule has 1 aromatic carbocycles. The number of nitrogens with one attached hydrogen (secondary N) is 2. The summed E-state index contributed by atoms with van der Waals surface area (Å²) in [5.74, 6) is 1.45. The van der Waals surface area contributed by atoms with Gasteiger partial charge < -0.3 is 5.32 Å². The summed E-state index contributed by atoms with van der Waals surface area (Å²) < 4.78 is 13.8. The highest BCUT2D eigenvalue weighted by Crippen LogP contribution is 2.37. The van der Waals surface area contributed by atoms with E-state index in [-0.39, 0.29) is 23.5 Å². The highest BCUT2D eigenvalue weighted by atomic mass is 32.2. The van der Waals surface area contributed by atoms with E-state index < -0.39 is 0 Å². The summed E-state index contributed by atoms with van der Waals surface area (Å²) in [6.45, 7) is 1.81. The molecule has 3 rings (SSSR count). The van der Waals surface area contributed by atoms with Gasteiger partial charge in [0.15, 0.2) is 0 Å². The van der Waals surface area contributed by atoms with Gasteiger partial charge in [-0.1, -0.05) is 23.9 Å². The molecule has 8 heteroatoms. The van der Waals surface area contributed by atoms with E-state index in [9.17, 15) is 9.18 Å². The van der Waals surface area contributed by atoms with Crippen LogP contribution in [0.25, 0.3) is 0 Å². The number of aromatic amines is 1. The fourth-order valence-electron chi connectivity index (χ4n) is 2.29. The first-order valence-corrected chi connectivity index (χ1v) is 8.83. The van der Waals surface area contributed by atoms with Crippen LogP contribution >= 0.6 is 23.5 Å². The van der Waals surface area contributed by atoms with Crippen LogP contribution in [-0.4, -0.2) is 32.6 Å². The first-order chi connectivity index (χ1) is 10.6. The van der Waals surface area contributed by atoms with Gasteiger partial charge in [0.1, 0.15) is 11.6 Å². The van der Waals surface area contributed by atoms with Crippen LogP contribution in [0.2, 0.25) is 0 Å². The van der Waals surface area contributed by atoms with Gasteiger partial charge in [-0.3, -0.25) is 9.89 Å². The lowest BCUT2D eigenvalue weighted by Crippen LogP contribution is -2.32. The Hall–Kier alpha value is -1.54. The Morgan fingerprint density at radius 1 is 1.59 bits per heavy atom. The maximum absolute atomic E-state index is 13.8. The molecule has 0 fully saturated rings. The third-order valence-electron chi connectivity index (χ3n) is 3.27. The first kappa shape index (κ1) is 15.4. The summed E-state index contributed by atoms with van der Waals surface area (Å²) in [5, 5.41) is 10.2. The Balaban J connectivity index is 1.62. The number of amides is 1. The van der Waals surface area contributed by atoms with Crippen LogP contribution in [-0.2, 0) is 4.79 Å². The molecule has 0 radical (unpaired) electrons. The highest BCUT2D eigenvalue weighted by Gasteiger charge is 2.24. The molecule has 1 aromatic heterocycles. The van der Waals surface area contributed by atoms with Crippen LogP contribution in [0.15, 0.2) is 28.3 Å². The van der Waals surface area contributed by atoms with Gasteiger partial charge in [0.05, 0.1) is 11.8 Å². The maximum atomic E-state index is 13.8. The smallest absolute Gasteiger partial charge is 0.230 e. The SMILES string of the molecule is Cc1nc(SCC(=O)NC2CCSc3c(F)cccc32)n[nH]1. The van der Waals surface area contributed by atoms with Crippen LogP contribution in [0.1, 0.15) is 23.9 Å². The third-order valence-corrected chi connectivity index (χ3v) is 5.28. The minimum absolute atomic E-state index is 0.0976. The standard InChI is InChI=1S/C14H15FN4OS2/c1-8-16-14(19-18-8)22-7-12(20)17-11-5-6-21-13-9(11)3-2-4-10(13)15/h2-4,11H,5-7H2,1H3,(H,17,20)(H,16,18,19). The molecule has 5 nitrogen and oxygen atoms in total. The molecular formula is C14H15FN4OS2. The number of thioether (sulfide) groups is 2. The van der Waals surface area contributed by atoms with Crippen LogP contribution in [0.3, 0.4) is 0 Å². The van der Waals surface area contributed by atoms with Crippen molar-refractivity contribution in [2.75, 3.05) is 11.5 Å². The van der Waals surface area contributed by atoms with Crippen molar-refractivity contribution in [2.24, 2.45) is 0 Å². The Morgan fingerprint density at radius 2 is 2.45 bits per heavy atom. The summed E-state index contributed by atoms with van der Waals surface area (Å²) in [6.07, 6.45) is 0.803. The average Bonchev–Trinajstić information content (AvgIpc) is 2.92. The van der Waals surface area contributed by atoms with E-state index in [1.807, 2.05) is 13.0 Å². The number of hydrogen-bond acceptors (Lipinski definition) is 5. The van der Waals surface area contributed by atoms with Gasteiger partial charge in [0.25, 0.3) is 0 Å². The number of benzene rings is 1. The van der Waals surface area contributed by atoms with Crippen molar-refractivity contribution in [1.29, 1.82) is 0 Å². The summed E-state index contributed by atoms with van der Waals surface area (Å²) in [7, 11) is 0. The van der Waals surface area contributed by atoms with Crippen molar-refractivity contribution < 1.29 is 9.18 Å². The van der Waals surface area contributed by atoms with Crippen molar-refractivity contribution in [2.45, 2.75) is 29.4 Å². The zero-order chi connectivity index (χ0) is 15.5. The van der Waals surface area contributed by atoms with Gasteiger partial charge in [-0.25, -0.2) is 9.37 Å². The molecule has 1 aliphatic heterocycles. The minimum atomic E-state index is -0.216. The molecule has 1 unspecified atom stereocenters. The molecule has 0 aliphatic carbocycles. The molecule has 1 aliphatic rings. The zero-order valence-corrected chi connectivity index (χ0v) is 13.6. The van der Waals surface area contributed by atoms with E-state index in [4.69, 9.17) is 0 Å². The number of carbonyl (C=O) groups is 1. The molecular weight excluding hydrogens is 323 g/mol. The lowest BCUT2D eigenvalue weighted by atomic mass is 10.0. The molecule has 0 bridgehead atoms. The Bertz CT molecular complexity index is 691. The fourth-order valence-corrected chi connectivity index (χ4v) is 4.09. The van der Waals surface area contributed by atoms with E-state index in [1.165, 1.54) is 29.6 Å². The molecule has 0 saturated heterocycles. The second-order valence-corrected chi connectivity index (χ2v) is 6.96. The topological polar surface area (TPSA) is 70.7 Å². The molecule has 2 N–H and O–H groups in total. The van der Waals surface area contributed by atoms with Crippen LogP contribution < -0.4 is 5.32 Å². The lowest BCUT2D eigenvalue weighted by Gasteiger charge is -2.26. The van der Waals surface area contributed by atoms with Crippen molar-refractivity contribution >= 4 is 29.4 Å². The van der Waals surface area contributed by atoms with Gasteiger partial charge in [-0.05, 0) is 25.0 Å². The molecule has 0 saturated carbocycles. The summed E-state index contributed by atoms with van der Waals surface area (Å²) in [4.78, 5) is 16.9. The number of fused-ring (bicyclic) bond motifs is 1. The van der Waals surface area contributed by atoms with Gasteiger partial charge in [-0.2, -0.15) is 0 Å². The normalized spacial score (nSPS) is 17.1. The fraction of sp³-hybridized carbons (Fsp3) is 0.357. The predicted octanol–water partition coefficient (Wildman–Crippen LogP) is 2.70. The van der Waals surface area contributed by atoms with E-state index >= 15 is 0 Å². The number of aryl methyl sites for hydroxylation is 1. The number of H-pyrrole nitrogens is 1. The number of halogens is 1. The van der Waals surface area contributed by atoms with Crippen LogP contribution in [0.4, 0.5) is 4.39 Å². The second kappa shape index (κ2) is 6.70. The number of carbonyl (C=O) groups excluding carboxylic acids is 1. The number of nitrogens with zero attached hydrogens (tertiary/aromatic N) is 2. The molecule has 2 heterocycles. The molecule has 22 heavy (non-hydrogen) atoms. The maximum Gasteiger partial charge on any atom is 0.230 e. The number of aromatic nitrogens is 3. The van der Waals surface area contributed by atoms with E-state index in [0.29, 0.717) is 10.1 Å². The molecule has 2 aromatic rings. The molecule has 116 valence electrons. The minimum Gasteiger partial charge on any atom is -0.348 e. The average molecular weight is 338 g/mol. The van der Waals surface area contributed by atoms with E-state index in [1.54, 1.807) is 6.07 Å². The zero-order valence-electron chi connectivity index (χ0n) is 11.9. The van der Waals surface area contributed by atoms with Crippen molar-refractivity contribution in [1.82, 2.24) is 20.5 Å². The quantitative estimate of drug-likeness (QED) is 0.839. The number of hydrogen-bond donors (Lipinski definition) is 2. The van der Waals surface area contributed by atoms with Crippen molar-refractivity contribution in [3.63, 3.8) is 0 Å². The van der Waals surface area contributed by atoms with Gasteiger partial charge in [0, 0.05) is 10.6 Å². The first-order valence-electron chi connectivity index (χ1n) is 6.86. The van der Waals surface area contributed by atoms with Crippen molar-refractivity contribution in [3.8, 4) is 0 Å². The second-order valence-electron chi connectivity index (χ2n) is 4.91. The van der Waals surface area contributed by atoms with Gasteiger partial charge >= 0.3 is 0 Å². The van der Waals surface area contributed by atoms with Crippen LogP contribution in [0, 0.1) is 12.7 Å². The third kappa shape index (κ3) is 3.44. The Kier molecular flexibility index (Phi) is 4.68. The Labute approximate surface area is 135 Å². The monoisotopic (exact) mass is 338 g/mol. The number of rotatable bonds is 4. The largest absolute Gasteiger partial charge is 0.348 e. The lowest BCUT2D eigenvalue weighted by molar-refractivity contribution is -0.119. The van der Waals surface area contributed by atoms with Crippen molar-refractivity contribution in [3.05, 3.63) is 35.4 Å².